The molecular weight excluding hydrogens is 290 g/mol. The topological polar surface area (TPSA) is 38.3 Å². The number of halogens is 4. The standard InChI is InChI=1S/C14H17F4NO2/c1-8(2)21-9(3)13(20)19-7-10-4-11(14(16,17)18)6-12(15)5-10/h4-6,8-9H,7H2,1-3H3,(H,19,20). The molecule has 1 aromatic carbocycles. The van der Waals surface area contributed by atoms with Gasteiger partial charge in [0, 0.05) is 6.54 Å². The molecule has 21 heavy (non-hydrogen) atoms. The van der Waals surface area contributed by atoms with Gasteiger partial charge in [0.2, 0.25) is 5.91 Å². The first-order valence-corrected chi connectivity index (χ1v) is 6.39. The molecular formula is C14H17F4NO2. The fourth-order valence-electron chi connectivity index (χ4n) is 1.72. The minimum absolute atomic E-state index is 0.0346. The first kappa shape index (κ1) is 17.4. The molecule has 0 heterocycles. The van der Waals surface area contributed by atoms with Gasteiger partial charge in [0.05, 0.1) is 11.7 Å². The van der Waals surface area contributed by atoms with Crippen LogP contribution in [-0.2, 0) is 22.3 Å². The van der Waals surface area contributed by atoms with Gasteiger partial charge in [0.25, 0.3) is 0 Å². The molecule has 0 fully saturated rings. The lowest BCUT2D eigenvalue weighted by Gasteiger charge is -2.16. The number of ether oxygens (including phenoxy) is 1. The van der Waals surface area contributed by atoms with E-state index in [-0.39, 0.29) is 18.2 Å². The monoisotopic (exact) mass is 307 g/mol. The number of hydrogen-bond acceptors (Lipinski definition) is 2. The molecule has 1 atom stereocenters. The number of rotatable bonds is 5. The highest BCUT2D eigenvalue weighted by Gasteiger charge is 2.31. The Morgan fingerprint density at radius 2 is 1.86 bits per heavy atom. The number of carbonyl (C=O) groups excluding carboxylic acids is 1. The summed E-state index contributed by atoms with van der Waals surface area (Å²) in [7, 11) is 0. The fraction of sp³-hybridized carbons (Fsp3) is 0.500. The Morgan fingerprint density at radius 3 is 2.38 bits per heavy atom. The van der Waals surface area contributed by atoms with Crippen LogP contribution in [0.1, 0.15) is 31.9 Å². The number of alkyl halides is 3. The molecule has 0 spiro atoms. The van der Waals surface area contributed by atoms with Gasteiger partial charge >= 0.3 is 6.18 Å². The second-order valence-corrected chi connectivity index (χ2v) is 4.89. The molecule has 1 amide bonds. The molecule has 1 rings (SSSR count). The lowest BCUT2D eigenvalue weighted by atomic mass is 10.1. The van der Waals surface area contributed by atoms with Gasteiger partial charge in [-0.05, 0) is 44.5 Å². The fourth-order valence-corrected chi connectivity index (χ4v) is 1.72. The van der Waals surface area contributed by atoms with E-state index in [1.54, 1.807) is 13.8 Å². The third-order valence-electron chi connectivity index (χ3n) is 2.60. The van der Waals surface area contributed by atoms with Gasteiger partial charge in [-0.2, -0.15) is 13.2 Å². The Hall–Kier alpha value is -1.63. The molecule has 0 saturated carbocycles. The largest absolute Gasteiger partial charge is 0.416 e. The summed E-state index contributed by atoms with van der Waals surface area (Å²) in [5.74, 6) is -1.47. The number of hydrogen-bond donors (Lipinski definition) is 1. The molecule has 1 unspecified atom stereocenters. The van der Waals surface area contributed by atoms with Crippen LogP contribution in [0.2, 0.25) is 0 Å². The molecule has 0 aliphatic rings. The maximum atomic E-state index is 13.2. The molecule has 0 bridgehead atoms. The van der Waals surface area contributed by atoms with Gasteiger partial charge in [-0.15, -0.1) is 0 Å². The van der Waals surface area contributed by atoms with Gasteiger partial charge in [0.15, 0.2) is 0 Å². The Labute approximate surface area is 120 Å². The molecule has 3 nitrogen and oxygen atoms in total. The summed E-state index contributed by atoms with van der Waals surface area (Å²) in [5.41, 5.74) is -1.05. The van der Waals surface area contributed by atoms with Crippen LogP contribution in [0.5, 0.6) is 0 Å². The molecule has 118 valence electrons. The third-order valence-corrected chi connectivity index (χ3v) is 2.60. The third kappa shape index (κ3) is 5.71. The van der Waals surface area contributed by atoms with Crippen LogP contribution in [0.3, 0.4) is 0 Å². The van der Waals surface area contributed by atoms with E-state index >= 15 is 0 Å². The van der Waals surface area contributed by atoms with E-state index in [9.17, 15) is 22.4 Å². The first-order valence-electron chi connectivity index (χ1n) is 6.39. The van der Waals surface area contributed by atoms with Gasteiger partial charge in [-0.3, -0.25) is 4.79 Å². The Bertz CT molecular complexity index is 500. The van der Waals surface area contributed by atoms with Crippen molar-refractivity contribution in [2.75, 3.05) is 0 Å². The van der Waals surface area contributed by atoms with Crippen molar-refractivity contribution in [3.05, 3.63) is 35.1 Å². The minimum atomic E-state index is -4.63. The van der Waals surface area contributed by atoms with E-state index in [0.29, 0.717) is 6.07 Å². The second-order valence-electron chi connectivity index (χ2n) is 4.89. The van der Waals surface area contributed by atoms with Crippen molar-refractivity contribution in [2.24, 2.45) is 0 Å². The highest BCUT2D eigenvalue weighted by atomic mass is 19.4. The van der Waals surface area contributed by atoms with Crippen LogP contribution in [0, 0.1) is 5.82 Å². The summed E-state index contributed by atoms with van der Waals surface area (Å²) >= 11 is 0. The van der Waals surface area contributed by atoms with Crippen LogP contribution in [-0.4, -0.2) is 18.1 Å². The summed E-state index contributed by atoms with van der Waals surface area (Å²) in [5, 5.41) is 2.41. The summed E-state index contributed by atoms with van der Waals surface area (Å²) < 4.78 is 56.0. The van der Waals surface area contributed by atoms with Crippen molar-refractivity contribution >= 4 is 5.91 Å². The molecule has 7 heteroatoms. The van der Waals surface area contributed by atoms with E-state index in [2.05, 4.69) is 5.32 Å². The molecule has 0 aliphatic heterocycles. The Kier molecular flexibility index (Phi) is 5.71. The maximum Gasteiger partial charge on any atom is 0.416 e. The zero-order valence-corrected chi connectivity index (χ0v) is 11.9. The van der Waals surface area contributed by atoms with Crippen LogP contribution in [0.25, 0.3) is 0 Å². The number of nitrogens with one attached hydrogen (secondary N) is 1. The van der Waals surface area contributed by atoms with E-state index < -0.39 is 29.6 Å². The molecule has 1 aromatic rings. The van der Waals surface area contributed by atoms with Gasteiger partial charge in [0.1, 0.15) is 11.9 Å². The van der Waals surface area contributed by atoms with Gasteiger partial charge in [-0.1, -0.05) is 0 Å². The maximum absolute atomic E-state index is 13.2. The van der Waals surface area contributed by atoms with Crippen LogP contribution in [0.4, 0.5) is 17.6 Å². The summed E-state index contributed by atoms with van der Waals surface area (Å²) in [6, 6.07) is 2.16. The van der Waals surface area contributed by atoms with Crippen molar-refractivity contribution in [1.82, 2.24) is 5.32 Å². The molecule has 0 radical (unpaired) electrons. The van der Waals surface area contributed by atoms with Crippen LogP contribution < -0.4 is 5.32 Å². The number of carbonyl (C=O) groups is 1. The van der Waals surface area contributed by atoms with Gasteiger partial charge in [-0.25, -0.2) is 4.39 Å². The SMILES string of the molecule is CC(C)OC(C)C(=O)NCc1cc(F)cc(C(F)(F)F)c1. The quantitative estimate of drug-likeness (QED) is 0.848. The number of benzene rings is 1. The smallest absolute Gasteiger partial charge is 0.366 e. The van der Waals surface area contributed by atoms with Crippen molar-refractivity contribution < 1.29 is 27.1 Å². The van der Waals surface area contributed by atoms with Crippen molar-refractivity contribution in [2.45, 2.75) is 45.7 Å². The highest BCUT2D eigenvalue weighted by molar-refractivity contribution is 5.80. The van der Waals surface area contributed by atoms with Crippen molar-refractivity contribution in [3.63, 3.8) is 0 Å². The second kappa shape index (κ2) is 6.89. The summed E-state index contributed by atoms with van der Waals surface area (Å²) in [6.45, 7) is 4.84. The van der Waals surface area contributed by atoms with E-state index in [4.69, 9.17) is 4.74 Å². The summed E-state index contributed by atoms with van der Waals surface area (Å²) in [4.78, 5) is 11.7. The van der Waals surface area contributed by atoms with E-state index in [1.165, 1.54) is 6.92 Å². The average molecular weight is 307 g/mol. The van der Waals surface area contributed by atoms with E-state index in [0.717, 1.165) is 12.1 Å². The zero-order chi connectivity index (χ0) is 16.2. The average Bonchev–Trinajstić information content (AvgIpc) is 2.33. The van der Waals surface area contributed by atoms with E-state index in [1.807, 2.05) is 0 Å². The zero-order valence-electron chi connectivity index (χ0n) is 11.9. The van der Waals surface area contributed by atoms with Crippen molar-refractivity contribution in [1.29, 1.82) is 0 Å². The molecule has 1 N–H and O–H groups in total. The minimum Gasteiger partial charge on any atom is -0.366 e. The normalized spacial score (nSPS) is 13.3. The predicted molar refractivity (Wildman–Crippen MR) is 68.9 cm³/mol. The lowest BCUT2D eigenvalue weighted by molar-refractivity contribution is -0.137. The lowest BCUT2D eigenvalue weighted by Crippen LogP contribution is -2.35. The number of amides is 1. The Morgan fingerprint density at radius 1 is 1.24 bits per heavy atom. The van der Waals surface area contributed by atoms with Crippen LogP contribution >= 0.6 is 0 Å². The predicted octanol–water partition coefficient (Wildman–Crippen LogP) is 3.27. The Balaban J connectivity index is 2.72. The summed E-state index contributed by atoms with van der Waals surface area (Å²) in [6.07, 6.45) is -5.52. The van der Waals surface area contributed by atoms with Gasteiger partial charge < -0.3 is 10.1 Å². The van der Waals surface area contributed by atoms with Crippen molar-refractivity contribution in [3.8, 4) is 0 Å². The van der Waals surface area contributed by atoms with Crippen LogP contribution in [0.15, 0.2) is 18.2 Å². The first-order chi connectivity index (χ1) is 9.59. The molecule has 0 aliphatic carbocycles. The molecule has 0 aromatic heterocycles. The highest BCUT2D eigenvalue weighted by Crippen LogP contribution is 2.30. The molecule has 0 saturated heterocycles.